The van der Waals surface area contributed by atoms with E-state index in [0.717, 1.165) is 161 Å². The number of benzene rings is 10. The highest BCUT2D eigenvalue weighted by atomic mass is 16.7. The smallest absolute Gasteiger partial charge is 0.332 e. The number of unbranched alkanes of at least 4 members (excludes halogenated alkanes) is 5. The van der Waals surface area contributed by atoms with E-state index < -0.39 is 18.5 Å². The molecule has 0 aliphatic rings. The van der Waals surface area contributed by atoms with Crippen molar-refractivity contribution in [2.24, 2.45) is 22.0 Å². The van der Waals surface area contributed by atoms with Crippen LogP contribution in [-0.2, 0) is 27.5 Å². The number of ether oxygens (including phenoxy) is 4. The van der Waals surface area contributed by atoms with Crippen molar-refractivity contribution in [2.45, 2.75) is 139 Å². The molecule has 14 nitrogen and oxygen atoms in total. The minimum absolute atomic E-state index is 0.126. The van der Waals surface area contributed by atoms with Gasteiger partial charge in [0.15, 0.2) is 11.6 Å². The average molecular weight is 1390 g/mol. The number of aromatic nitrogens is 2. The van der Waals surface area contributed by atoms with E-state index in [-0.39, 0.29) is 11.6 Å². The summed E-state index contributed by atoms with van der Waals surface area (Å²) in [4.78, 5) is 65.1. The van der Waals surface area contributed by atoms with E-state index in [1.165, 1.54) is 6.92 Å². The third-order valence-corrected chi connectivity index (χ3v) is 20.1. The second-order valence-electron chi connectivity index (χ2n) is 27.0. The normalized spacial score (nSPS) is 12.6. The number of rotatable bonds is 36. The molecule has 0 radical (unpaired) electrons. The summed E-state index contributed by atoms with van der Waals surface area (Å²) < 4.78 is 30.2. The Morgan fingerprint density at radius 1 is 0.413 bits per heavy atom. The van der Waals surface area contributed by atoms with Crippen LogP contribution in [0.4, 0.5) is 0 Å². The molecule has 2 atom stereocenters. The Labute approximate surface area is 609 Å². The van der Waals surface area contributed by atoms with Crippen molar-refractivity contribution in [3.63, 3.8) is 0 Å². The number of nitrogens with zero attached hydrogens (tertiary/aromatic N) is 4. The first-order valence-electron chi connectivity index (χ1n) is 37.3. The zero-order valence-corrected chi connectivity index (χ0v) is 61.0. The summed E-state index contributed by atoms with van der Waals surface area (Å²) in [6.45, 7) is 17.0. The third kappa shape index (κ3) is 16.1. The topological polar surface area (TPSA) is 169 Å². The molecule has 0 saturated heterocycles. The first-order valence-corrected chi connectivity index (χ1v) is 37.3. The Hall–Kier alpha value is -10.9. The number of carboxylic acid groups (broad SMARTS) is 1. The molecule has 1 N–H and O–H groups in total. The van der Waals surface area contributed by atoms with Crippen molar-refractivity contribution in [2.75, 3.05) is 33.0 Å². The van der Waals surface area contributed by atoms with Gasteiger partial charge in [0.2, 0.25) is 0 Å². The lowest BCUT2D eigenvalue weighted by molar-refractivity contribution is -0.141. The average Bonchev–Trinajstić information content (AvgIpc) is 1.62. The number of fused-ring (bicyclic) bond motifs is 8. The summed E-state index contributed by atoms with van der Waals surface area (Å²) in [5.74, 6) is 1.27. The van der Waals surface area contributed by atoms with E-state index in [1.807, 2.05) is 172 Å². The summed E-state index contributed by atoms with van der Waals surface area (Å²) in [5, 5.41) is 21.9. The molecule has 10 aromatic carbocycles. The SMILES string of the molecule is CCCCC(CC)Cn1c2ccc(C(=O)c3c(OCC)ccc4ccccc34)cc2c2cc(C(=NCC(=O)O)c3ccccc3OCCCCCCOc3ccccc3C(=NOC(C)=O)c3ccc4c(c3)c3cc(C(=O)c5c(OCC)ccc6ccccc56)ccc3n4CC(CC)CCCC)ccc21. The zero-order valence-electron chi connectivity index (χ0n) is 61.0. The highest BCUT2D eigenvalue weighted by Crippen LogP contribution is 2.40. The van der Waals surface area contributed by atoms with Crippen molar-refractivity contribution in [3.8, 4) is 23.0 Å². The van der Waals surface area contributed by atoms with Crippen molar-refractivity contribution < 1.29 is 48.1 Å². The second-order valence-corrected chi connectivity index (χ2v) is 27.0. The van der Waals surface area contributed by atoms with Crippen LogP contribution >= 0.6 is 0 Å². The van der Waals surface area contributed by atoms with Gasteiger partial charge in [0.1, 0.15) is 35.3 Å². The van der Waals surface area contributed by atoms with E-state index in [0.29, 0.717) is 112 Å². The van der Waals surface area contributed by atoms with Gasteiger partial charge in [-0.15, -0.1) is 0 Å². The van der Waals surface area contributed by atoms with E-state index >= 15 is 0 Å². The zero-order chi connectivity index (χ0) is 72.6. The minimum Gasteiger partial charge on any atom is -0.493 e. The Morgan fingerprint density at radius 3 is 1.24 bits per heavy atom. The Bertz CT molecular complexity index is 4850. The van der Waals surface area contributed by atoms with Gasteiger partial charge in [0.05, 0.1) is 43.3 Å². The molecule has 104 heavy (non-hydrogen) atoms. The molecular formula is C90H94N4O10. The number of carbonyl (C=O) groups is 4. The van der Waals surface area contributed by atoms with Gasteiger partial charge in [-0.05, 0) is 183 Å². The summed E-state index contributed by atoms with van der Waals surface area (Å²) in [6.07, 6.45) is 11.9. The number of oxime groups is 1. The van der Waals surface area contributed by atoms with Gasteiger partial charge in [0, 0.05) is 97.0 Å². The van der Waals surface area contributed by atoms with Crippen LogP contribution in [-0.4, -0.2) is 82.1 Å². The number of aliphatic imine (C=N–C) groups is 1. The molecule has 0 aliphatic heterocycles. The predicted molar refractivity (Wildman–Crippen MR) is 420 cm³/mol. The fourth-order valence-electron chi connectivity index (χ4n) is 14.7. The number of hydrogen-bond acceptors (Lipinski definition) is 11. The third-order valence-electron chi connectivity index (χ3n) is 20.1. The van der Waals surface area contributed by atoms with Gasteiger partial charge in [0.25, 0.3) is 0 Å². The molecule has 12 aromatic rings. The second kappa shape index (κ2) is 34.4. The van der Waals surface area contributed by atoms with Gasteiger partial charge in [-0.3, -0.25) is 19.4 Å². The van der Waals surface area contributed by atoms with Crippen LogP contribution in [0.1, 0.15) is 180 Å². The van der Waals surface area contributed by atoms with Crippen LogP contribution < -0.4 is 18.9 Å². The minimum atomic E-state index is -1.06. The Balaban J connectivity index is 0.772. The van der Waals surface area contributed by atoms with E-state index in [9.17, 15) is 24.3 Å². The largest absolute Gasteiger partial charge is 0.493 e. The standard InChI is InChI=1S/C90H94N4O10/c1-8-14-28-60(10-3)57-93-76-44-38-64(52-72(76)74-54-66(40-46-78(74)93)89(98)85-68-32-20-18-30-62(68)42-48-82(85)100-12-5)87(91-56-84(96)97)70-34-22-24-36-80(70)102-50-26-16-17-27-51-103-81-37-25-23-35-71(81)88(92-104-59(7)95)65-39-45-77-73(53-65)75-55-67(41-47-79(75)94(77)58-61(11-4)29-15-9-2)90(99)86-69-33-21-19-31-63(69)43-49-83(86)101-13-6/h18-25,30-49,52-55,60-61H,8-17,26-29,50-51,56-58H2,1-7H3,(H,96,97). The van der Waals surface area contributed by atoms with Gasteiger partial charge in [-0.2, -0.15) is 0 Å². The number of carbonyl (C=O) groups excluding carboxylic acids is 3. The number of ketones is 2. The predicted octanol–water partition coefficient (Wildman–Crippen LogP) is 21.2. The Morgan fingerprint density at radius 2 is 0.817 bits per heavy atom. The van der Waals surface area contributed by atoms with Crippen molar-refractivity contribution >= 4 is 100 Å². The maximum Gasteiger partial charge on any atom is 0.332 e. The molecule has 0 aliphatic carbocycles. The number of para-hydroxylation sites is 2. The van der Waals surface area contributed by atoms with E-state index in [2.05, 4.69) is 78.4 Å². The van der Waals surface area contributed by atoms with Gasteiger partial charge >= 0.3 is 11.9 Å². The van der Waals surface area contributed by atoms with Crippen molar-refractivity contribution in [1.29, 1.82) is 0 Å². The lowest BCUT2D eigenvalue weighted by Gasteiger charge is -2.18. The molecule has 14 heteroatoms. The van der Waals surface area contributed by atoms with Gasteiger partial charge < -0.3 is 38.0 Å². The highest BCUT2D eigenvalue weighted by molar-refractivity contribution is 6.24. The van der Waals surface area contributed by atoms with Crippen molar-refractivity contribution in [3.05, 3.63) is 239 Å². The van der Waals surface area contributed by atoms with Crippen LogP contribution in [0.5, 0.6) is 23.0 Å². The summed E-state index contributed by atoms with van der Waals surface area (Å²) in [6, 6.07) is 63.4. The fraction of sp³-hybridized carbons (Fsp3) is 0.311. The lowest BCUT2D eigenvalue weighted by atomic mass is 9.95. The molecular weight excluding hydrogens is 1300 g/mol. The molecule has 2 unspecified atom stereocenters. The first kappa shape index (κ1) is 72.9. The molecule has 0 fully saturated rings. The quantitative estimate of drug-likeness (QED) is 0.0131. The highest BCUT2D eigenvalue weighted by Gasteiger charge is 2.26. The van der Waals surface area contributed by atoms with E-state index in [1.54, 1.807) is 0 Å². The van der Waals surface area contributed by atoms with Crippen LogP contribution in [0, 0.1) is 11.8 Å². The fourth-order valence-corrected chi connectivity index (χ4v) is 14.7. The molecule has 12 rings (SSSR count). The Kier molecular flexibility index (Phi) is 24.1. The first-order chi connectivity index (χ1) is 50.8. The number of aliphatic carboxylic acids is 1. The van der Waals surface area contributed by atoms with Gasteiger partial charge in [-0.25, -0.2) is 4.79 Å². The lowest BCUT2D eigenvalue weighted by Crippen LogP contribution is -2.12. The molecule has 0 bridgehead atoms. The molecule has 2 aromatic heterocycles. The maximum absolute atomic E-state index is 14.9. The molecule has 534 valence electrons. The summed E-state index contributed by atoms with van der Waals surface area (Å²) >= 11 is 0. The molecule has 0 saturated carbocycles. The maximum atomic E-state index is 14.9. The van der Waals surface area contributed by atoms with Crippen LogP contribution in [0.3, 0.4) is 0 Å². The number of hydrogen-bond donors (Lipinski definition) is 1. The summed E-state index contributed by atoms with van der Waals surface area (Å²) in [7, 11) is 0. The molecule has 0 spiro atoms. The van der Waals surface area contributed by atoms with Crippen LogP contribution in [0.25, 0.3) is 65.2 Å². The number of carboxylic acids is 1. The molecule has 0 amide bonds. The van der Waals surface area contributed by atoms with Crippen molar-refractivity contribution in [1.82, 2.24) is 9.13 Å². The van der Waals surface area contributed by atoms with E-state index in [4.69, 9.17) is 28.8 Å². The summed E-state index contributed by atoms with van der Waals surface area (Å²) in [5.41, 5.74) is 9.90. The van der Waals surface area contributed by atoms with Crippen LogP contribution in [0.15, 0.2) is 204 Å². The van der Waals surface area contributed by atoms with Gasteiger partial charge in [-0.1, -0.05) is 168 Å². The van der Waals surface area contributed by atoms with Crippen LogP contribution in [0.2, 0.25) is 0 Å². The molecule has 2 heterocycles. The monoisotopic (exact) mass is 1390 g/mol.